The first-order valence-corrected chi connectivity index (χ1v) is 8.45. The number of nitrogens with zero attached hydrogens (tertiary/aromatic N) is 3. The fourth-order valence-electron chi connectivity index (χ4n) is 2.96. The maximum Gasteiger partial charge on any atom is 0.416 e. The van der Waals surface area contributed by atoms with Crippen LogP contribution in [0.3, 0.4) is 0 Å². The highest BCUT2D eigenvalue weighted by atomic mass is 19.4. The number of aromatic nitrogens is 2. The standard InChI is InChI=1S/C18H21F3N4O/c1-12-3-2-4-16(18(19,20)21)15(12)11-26-14-9-23-17(24-10-14)25-7-5-13(22)6-8-25/h2-4,9-10,13H,5-8,11,22H2,1H3. The number of ether oxygens (including phenoxy) is 1. The number of aryl methyl sites for hydroxylation is 1. The summed E-state index contributed by atoms with van der Waals surface area (Å²) in [5, 5.41) is 0. The van der Waals surface area contributed by atoms with Gasteiger partial charge in [-0.15, -0.1) is 0 Å². The molecule has 1 aliphatic rings. The van der Waals surface area contributed by atoms with Crippen molar-refractivity contribution in [2.24, 2.45) is 5.73 Å². The summed E-state index contributed by atoms with van der Waals surface area (Å²) in [4.78, 5) is 10.6. The lowest BCUT2D eigenvalue weighted by Crippen LogP contribution is -2.40. The molecule has 0 spiro atoms. The first-order chi connectivity index (χ1) is 12.3. The molecular formula is C18H21F3N4O. The van der Waals surface area contributed by atoms with Crippen LogP contribution in [0.25, 0.3) is 0 Å². The molecule has 0 saturated carbocycles. The zero-order chi connectivity index (χ0) is 18.7. The normalized spacial score (nSPS) is 16.0. The predicted octanol–water partition coefficient (Wildman–Crippen LogP) is 3.31. The molecule has 2 N–H and O–H groups in total. The molecular weight excluding hydrogens is 345 g/mol. The van der Waals surface area contributed by atoms with E-state index < -0.39 is 11.7 Å². The number of benzene rings is 1. The average molecular weight is 366 g/mol. The second-order valence-electron chi connectivity index (χ2n) is 6.43. The van der Waals surface area contributed by atoms with Crippen LogP contribution in [-0.4, -0.2) is 29.1 Å². The van der Waals surface area contributed by atoms with Crippen molar-refractivity contribution >= 4 is 5.95 Å². The molecule has 1 aromatic heterocycles. The maximum atomic E-state index is 13.1. The summed E-state index contributed by atoms with van der Waals surface area (Å²) in [6, 6.07) is 4.30. The molecule has 2 aromatic rings. The molecule has 0 bridgehead atoms. The number of halogens is 3. The van der Waals surface area contributed by atoms with Gasteiger partial charge in [-0.3, -0.25) is 0 Å². The minimum absolute atomic E-state index is 0.120. The first-order valence-electron chi connectivity index (χ1n) is 8.45. The minimum Gasteiger partial charge on any atom is -0.486 e. The second kappa shape index (κ2) is 7.49. The number of rotatable bonds is 4. The Morgan fingerprint density at radius 3 is 2.46 bits per heavy atom. The Morgan fingerprint density at radius 1 is 1.19 bits per heavy atom. The highest BCUT2D eigenvalue weighted by Crippen LogP contribution is 2.33. The summed E-state index contributed by atoms with van der Waals surface area (Å²) in [6.07, 6.45) is 0.329. The Balaban J connectivity index is 1.68. The van der Waals surface area contributed by atoms with Gasteiger partial charge in [-0.05, 0) is 31.4 Å². The van der Waals surface area contributed by atoms with Crippen LogP contribution in [0.5, 0.6) is 5.75 Å². The molecule has 26 heavy (non-hydrogen) atoms. The van der Waals surface area contributed by atoms with Crippen molar-refractivity contribution in [3.8, 4) is 5.75 Å². The molecule has 1 fully saturated rings. The van der Waals surface area contributed by atoms with Crippen LogP contribution in [0.4, 0.5) is 19.1 Å². The average Bonchev–Trinajstić information content (AvgIpc) is 2.61. The zero-order valence-electron chi connectivity index (χ0n) is 14.5. The molecule has 140 valence electrons. The monoisotopic (exact) mass is 366 g/mol. The summed E-state index contributed by atoms with van der Waals surface area (Å²) in [7, 11) is 0. The molecule has 3 rings (SSSR count). The quantitative estimate of drug-likeness (QED) is 0.899. The summed E-state index contributed by atoms with van der Waals surface area (Å²) in [6.45, 7) is 3.02. The molecule has 1 aromatic carbocycles. The highest BCUT2D eigenvalue weighted by molar-refractivity contribution is 5.37. The SMILES string of the molecule is Cc1cccc(C(F)(F)F)c1COc1cnc(N2CCC(N)CC2)nc1. The number of alkyl halides is 3. The van der Waals surface area contributed by atoms with Crippen molar-refractivity contribution in [3.05, 3.63) is 47.3 Å². The fourth-order valence-corrected chi connectivity index (χ4v) is 2.96. The van der Waals surface area contributed by atoms with Crippen LogP contribution in [0.1, 0.15) is 29.5 Å². The molecule has 8 heteroatoms. The fraction of sp³-hybridized carbons (Fsp3) is 0.444. The van der Waals surface area contributed by atoms with Crippen LogP contribution >= 0.6 is 0 Å². The zero-order valence-corrected chi connectivity index (χ0v) is 14.5. The Morgan fingerprint density at radius 2 is 1.85 bits per heavy atom. The van der Waals surface area contributed by atoms with E-state index in [1.807, 2.05) is 4.90 Å². The molecule has 2 heterocycles. The third kappa shape index (κ3) is 4.24. The van der Waals surface area contributed by atoms with Crippen molar-refractivity contribution in [1.29, 1.82) is 0 Å². The minimum atomic E-state index is -4.42. The second-order valence-corrected chi connectivity index (χ2v) is 6.43. The molecule has 0 radical (unpaired) electrons. The van der Waals surface area contributed by atoms with Gasteiger partial charge in [0.25, 0.3) is 0 Å². The third-order valence-electron chi connectivity index (χ3n) is 4.54. The van der Waals surface area contributed by atoms with Crippen LogP contribution in [0, 0.1) is 6.92 Å². The van der Waals surface area contributed by atoms with Gasteiger partial charge in [0.15, 0.2) is 5.75 Å². The summed E-state index contributed by atoms with van der Waals surface area (Å²) >= 11 is 0. The maximum absolute atomic E-state index is 13.1. The topological polar surface area (TPSA) is 64.3 Å². The highest BCUT2D eigenvalue weighted by Gasteiger charge is 2.33. The third-order valence-corrected chi connectivity index (χ3v) is 4.54. The molecule has 1 aliphatic heterocycles. The van der Waals surface area contributed by atoms with Gasteiger partial charge in [0.05, 0.1) is 18.0 Å². The van der Waals surface area contributed by atoms with E-state index in [4.69, 9.17) is 10.5 Å². The van der Waals surface area contributed by atoms with E-state index >= 15 is 0 Å². The van der Waals surface area contributed by atoms with Gasteiger partial charge in [0, 0.05) is 24.7 Å². The lowest BCUT2D eigenvalue weighted by molar-refractivity contribution is -0.138. The molecule has 0 amide bonds. The van der Waals surface area contributed by atoms with Gasteiger partial charge in [-0.25, -0.2) is 9.97 Å². The van der Waals surface area contributed by atoms with Gasteiger partial charge < -0.3 is 15.4 Å². The molecule has 0 aliphatic carbocycles. The number of piperidine rings is 1. The van der Waals surface area contributed by atoms with Crippen molar-refractivity contribution in [2.45, 2.75) is 38.6 Å². The first kappa shape index (κ1) is 18.4. The number of anilines is 1. The molecule has 5 nitrogen and oxygen atoms in total. The molecule has 1 saturated heterocycles. The van der Waals surface area contributed by atoms with E-state index in [0.717, 1.165) is 32.0 Å². The Labute approximate surface area is 150 Å². The van der Waals surface area contributed by atoms with Crippen molar-refractivity contribution in [3.63, 3.8) is 0 Å². The number of hydrogen-bond acceptors (Lipinski definition) is 5. The number of hydrogen-bond donors (Lipinski definition) is 1. The van der Waals surface area contributed by atoms with Crippen LogP contribution < -0.4 is 15.4 Å². The van der Waals surface area contributed by atoms with Crippen molar-refractivity contribution < 1.29 is 17.9 Å². The van der Waals surface area contributed by atoms with Gasteiger partial charge >= 0.3 is 6.18 Å². The van der Waals surface area contributed by atoms with E-state index in [1.165, 1.54) is 18.5 Å². The van der Waals surface area contributed by atoms with E-state index in [-0.39, 0.29) is 18.2 Å². The van der Waals surface area contributed by atoms with Crippen LogP contribution in [-0.2, 0) is 12.8 Å². The van der Waals surface area contributed by atoms with Crippen LogP contribution in [0.15, 0.2) is 30.6 Å². The smallest absolute Gasteiger partial charge is 0.416 e. The van der Waals surface area contributed by atoms with Crippen molar-refractivity contribution in [1.82, 2.24) is 9.97 Å². The van der Waals surface area contributed by atoms with Gasteiger partial charge in [0.2, 0.25) is 5.95 Å². The van der Waals surface area contributed by atoms with Gasteiger partial charge in [0.1, 0.15) is 6.61 Å². The Hall–Kier alpha value is -2.35. The summed E-state index contributed by atoms with van der Waals surface area (Å²) in [5.74, 6) is 0.912. The van der Waals surface area contributed by atoms with E-state index in [0.29, 0.717) is 17.3 Å². The van der Waals surface area contributed by atoms with E-state index in [1.54, 1.807) is 13.0 Å². The molecule has 0 unspecified atom stereocenters. The predicted molar refractivity (Wildman–Crippen MR) is 92.0 cm³/mol. The van der Waals surface area contributed by atoms with Gasteiger partial charge in [-0.2, -0.15) is 13.2 Å². The van der Waals surface area contributed by atoms with Crippen LogP contribution in [0.2, 0.25) is 0 Å². The summed E-state index contributed by atoms with van der Waals surface area (Å²) in [5.41, 5.74) is 5.85. The van der Waals surface area contributed by atoms with E-state index in [2.05, 4.69) is 9.97 Å². The van der Waals surface area contributed by atoms with Crippen molar-refractivity contribution in [2.75, 3.05) is 18.0 Å². The Kier molecular flexibility index (Phi) is 5.31. The molecule has 0 atom stereocenters. The van der Waals surface area contributed by atoms with Gasteiger partial charge in [-0.1, -0.05) is 12.1 Å². The van der Waals surface area contributed by atoms with E-state index in [9.17, 15) is 13.2 Å². The lowest BCUT2D eigenvalue weighted by atomic mass is 10.0. The Bertz CT molecular complexity index is 741. The lowest BCUT2D eigenvalue weighted by Gasteiger charge is -2.30. The summed E-state index contributed by atoms with van der Waals surface area (Å²) < 4.78 is 44.9. The largest absolute Gasteiger partial charge is 0.486 e. The number of nitrogens with two attached hydrogens (primary N) is 1.